The largest absolute Gasteiger partial charge is 0.497 e. The number of benzene rings is 2. The Morgan fingerprint density at radius 1 is 1.03 bits per heavy atom. The highest BCUT2D eigenvalue weighted by Crippen LogP contribution is 2.34. The summed E-state index contributed by atoms with van der Waals surface area (Å²) in [4.78, 5) is 29.7. The van der Waals surface area contributed by atoms with Crippen molar-refractivity contribution in [2.75, 3.05) is 27.2 Å². The van der Waals surface area contributed by atoms with Crippen LogP contribution in [-0.4, -0.2) is 54.9 Å². The molecule has 1 saturated heterocycles. The molecule has 1 saturated carbocycles. The van der Waals surface area contributed by atoms with E-state index in [1.165, 1.54) is 5.56 Å². The molecule has 0 radical (unpaired) electrons. The second-order valence-corrected chi connectivity index (χ2v) is 8.84. The van der Waals surface area contributed by atoms with Crippen molar-refractivity contribution in [2.24, 2.45) is 11.8 Å². The van der Waals surface area contributed by atoms with Gasteiger partial charge in [-0.15, -0.1) is 0 Å². The number of nitrogens with zero attached hydrogens (tertiary/aromatic N) is 2. The Bertz CT molecular complexity index is 902. The van der Waals surface area contributed by atoms with Crippen molar-refractivity contribution in [3.05, 3.63) is 65.7 Å². The van der Waals surface area contributed by atoms with E-state index in [2.05, 4.69) is 12.1 Å². The molecule has 1 aliphatic heterocycles. The van der Waals surface area contributed by atoms with Gasteiger partial charge in [0.25, 0.3) is 5.91 Å². The molecule has 31 heavy (non-hydrogen) atoms. The van der Waals surface area contributed by atoms with Gasteiger partial charge in [0.15, 0.2) is 0 Å². The van der Waals surface area contributed by atoms with Crippen molar-refractivity contribution in [1.29, 1.82) is 0 Å². The lowest BCUT2D eigenvalue weighted by Crippen LogP contribution is -2.48. The lowest BCUT2D eigenvalue weighted by atomic mass is 9.84. The number of hydrogen-bond acceptors (Lipinski definition) is 3. The second-order valence-electron chi connectivity index (χ2n) is 8.84. The summed E-state index contributed by atoms with van der Waals surface area (Å²) in [5.74, 6) is 1.80. The molecule has 0 aromatic heterocycles. The molecule has 2 amide bonds. The predicted octanol–water partition coefficient (Wildman–Crippen LogP) is 4.03. The van der Waals surface area contributed by atoms with Crippen LogP contribution in [0.25, 0.3) is 0 Å². The first-order valence-corrected chi connectivity index (χ1v) is 11.3. The van der Waals surface area contributed by atoms with Crippen molar-refractivity contribution in [1.82, 2.24) is 9.80 Å². The predicted molar refractivity (Wildman–Crippen MR) is 121 cm³/mol. The van der Waals surface area contributed by atoms with E-state index in [4.69, 9.17) is 4.74 Å². The Morgan fingerprint density at radius 2 is 1.74 bits per heavy atom. The van der Waals surface area contributed by atoms with E-state index in [0.29, 0.717) is 5.92 Å². The number of hydrogen-bond donors (Lipinski definition) is 0. The summed E-state index contributed by atoms with van der Waals surface area (Å²) in [6, 6.07) is 17.8. The zero-order chi connectivity index (χ0) is 21.8. The van der Waals surface area contributed by atoms with Crippen molar-refractivity contribution in [3.8, 4) is 5.75 Å². The number of ether oxygens (including phenoxy) is 1. The average molecular weight is 421 g/mol. The zero-order valence-corrected chi connectivity index (χ0v) is 18.5. The van der Waals surface area contributed by atoms with E-state index in [-0.39, 0.29) is 23.8 Å². The minimum atomic E-state index is 0.103. The van der Waals surface area contributed by atoms with Gasteiger partial charge in [-0.3, -0.25) is 9.59 Å². The van der Waals surface area contributed by atoms with Crippen molar-refractivity contribution in [3.63, 3.8) is 0 Å². The normalized spacial score (nSPS) is 17.8. The molecule has 1 atom stereocenters. The molecule has 2 fully saturated rings. The van der Waals surface area contributed by atoms with Gasteiger partial charge < -0.3 is 14.5 Å². The number of likely N-dealkylation sites (tertiary alicyclic amines) is 1. The molecular weight excluding hydrogens is 388 g/mol. The monoisotopic (exact) mass is 420 g/mol. The van der Waals surface area contributed by atoms with Crippen LogP contribution in [0.4, 0.5) is 0 Å². The van der Waals surface area contributed by atoms with Gasteiger partial charge in [-0.05, 0) is 67.9 Å². The van der Waals surface area contributed by atoms with Gasteiger partial charge >= 0.3 is 0 Å². The minimum absolute atomic E-state index is 0.103. The van der Waals surface area contributed by atoms with Gasteiger partial charge in [0.05, 0.1) is 7.11 Å². The first-order valence-electron chi connectivity index (χ1n) is 11.3. The number of methoxy groups -OCH3 is 1. The van der Waals surface area contributed by atoms with Crippen LogP contribution < -0.4 is 4.74 Å². The van der Waals surface area contributed by atoms with Crippen LogP contribution in [0.15, 0.2) is 54.6 Å². The van der Waals surface area contributed by atoms with Gasteiger partial charge in [-0.2, -0.15) is 0 Å². The molecular formula is C26H32N2O3. The molecule has 0 spiro atoms. The van der Waals surface area contributed by atoms with Crippen LogP contribution in [0, 0.1) is 11.8 Å². The van der Waals surface area contributed by atoms with E-state index in [9.17, 15) is 9.59 Å². The highest BCUT2D eigenvalue weighted by atomic mass is 16.5. The van der Waals surface area contributed by atoms with E-state index in [0.717, 1.165) is 56.5 Å². The molecule has 5 nitrogen and oxygen atoms in total. The molecule has 0 unspecified atom stereocenters. The van der Waals surface area contributed by atoms with Crippen LogP contribution in [-0.2, 0) is 11.2 Å². The van der Waals surface area contributed by atoms with Crippen LogP contribution >= 0.6 is 0 Å². The summed E-state index contributed by atoms with van der Waals surface area (Å²) < 4.78 is 5.40. The molecule has 0 bridgehead atoms. The second kappa shape index (κ2) is 9.54. The van der Waals surface area contributed by atoms with E-state index < -0.39 is 0 Å². The third-order valence-corrected chi connectivity index (χ3v) is 6.74. The fourth-order valence-corrected chi connectivity index (χ4v) is 4.69. The number of rotatable bonds is 7. The van der Waals surface area contributed by atoms with Gasteiger partial charge in [0.2, 0.25) is 5.91 Å². The van der Waals surface area contributed by atoms with Crippen molar-refractivity contribution < 1.29 is 14.3 Å². The summed E-state index contributed by atoms with van der Waals surface area (Å²) in [7, 11) is 3.64. The maximum absolute atomic E-state index is 12.9. The van der Waals surface area contributed by atoms with Crippen molar-refractivity contribution in [2.45, 2.75) is 38.1 Å². The summed E-state index contributed by atoms with van der Waals surface area (Å²) >= 11 is 0. The molecule has 0 N–H and O–H groups in total. The summed E-state index contributed by atoms with van der Waals surface area (Å²) in [6.45, 7) is 1.47. The number of piperidine rings is 1. The van der Waals surface area contributed by atoms with Gasteiger partial charge in [0, 0.05) is 37.7 Å². The van der Waals surface area contributed by atoms with E-state index >= 15 is 0 Å². The van der Waals surface area contributed by atoms with E-state index in [1.54, 1.807) is 7.11 Å². The standard InChI is InChI=1S/C26H32N2O3/c1-27(25(29)22-11-12-22)24(18-19-7-6-10-23(17-19)31-2)20-13-15-28(16-14-20)26(30)21-8-4-3-5-9-21/h3-10,17,20,22,24H,11-16,18H2,1-2H3/t24-/m1/s1. The lowest BCUT2D eigenvalue weighted by Gasteiger charge is -2.40. The van der Waals surface area contributed by atoms with Gasteiger partial charge in [0.1, 0.15) is 5.75 Å². The SMILES string of the molecule is COc1cccc(C[C@H](C2CCN(C(=O)c3ccccc3)CC2)N(C)C(=O)C2CC2)c1. The maximum atomic E-state index is 12.9. The molecule has 1 heterocycles. The Hall–Kier alpha value is -2.82. The quantitative estimate of drug-likeness (QED) is 0.680. The average Bonchev–Trinajstić information content (AvgIpc) is 3.67. The molecule has 1 aliphatic carbocycles. The smallest absolute Gasteiger partial charge is 0.253 e. The Kier molecular flexibility index (Phi) is 6.59. The Balaban J connectivity index is 1.46. The molecule has 164 valence electrons. The zero-order valence-electron chi connectivity index (χ0n) is 18.5. The van der Waals surface area contributed by atoms with Gasteiger partial charge in [-0.1, -0.05) is 30.3 Å². The third-order valence-electron chi connectivity index (χ3n) is 6.74. The number of carbonyl (C=O) groups excluding carboxylic acids is 2. The lowest BCUT2D eigenvalue weighted by molar-refractivity contribution is -0.134. The minimum Gasteiger partial charge on any atom is -0.497 e. The third kappa shape index (κ3) is 5.09. The number of amides is 2. The molecule has 2 aromatic carbocycles. The fraction of sp³-hybridized carbons (Fsp3) is 0.462. The topological polar surface area (TPSA) is 49.9 Å². The Morgan fingerprint density at radius 3 is 2.39 bits per heavy atom. The molecule has 5 heteroatoms. The van der Waals surface area contributed by atoms with E-state index in [1.807, 2.05) is 59.3 Å². The summed E-state index contributed by atoms with van der Waals surface area (Å²) in [6.07, 6.45) is 4.66. The first-order chi connectivity index (χ1) is 15.1. The fourth-order valence-electron chi connectivity index (χ4n) is 4.69. The maximum Gasteiger partial charge on any atom is 0.253 e. The van der Waals surface area contributed by atoms with Crippen LogP contribution in [0.3, 0.4) is 0 Å². The van der Waals surface area contributed by atoms with Gasteiger partial charge in [-0.25, -0.2) is 0 Å². The van der Waals surface area contributed by atoms with Crippen LogP contribution in [0.1, 0.15) is 41.6 Å². The molecule has 4 rings (SSSR count). The number of carbonyl (C=O) groups is 2. The number of likely N-dealkylation sites (N-methyl/N-ethyl adjacent to an activating group) is 1. The van der Waals surface area contributed by atoms with Crippen LogP contribution in [0.5, 0.6) is 5.75 Å². The summed E-state index contributed by atoms with van der Waals surface area (Å²) in [5, 5.41) is 0. The molecule has 2 aliphatic rings. The van der Waals surface area contributed by atoms with Crippen molar-refractivity contribution >= 4 is 11.8 Å². The Labute approximate surface area is 185 Å². The highest BCUT2D eigenvalue weighted by molar-refractivity contribution is 5.94. The summed E-state index contributed by atoms with van der Waals surface area (Å²) in [5.41, 5.74) is 1.93. The first kappa shape index (κ1) is 21.4. The molecule has 2 aromatic rings. The highest BCUT2D eigenvalue weighted by Gasteiger charge is 2.38. The van der Waals surface area contributed by atoms with Crippen LogP contribution in [0.2, 0.25) is 0 Å².